The summed E-state index contributed by atoms with van der Waals surface area (Å²) in [7, 11) is -3.52. The van der Waals surface area contributed by atoms with Gasteiger partial charge < -0.3 is 13.8 Å². The van der Waals surface area contributed by atoms with Crippen molar-refractivity contribution in [3.8, 4) is 0 Å². The molecule has 0 spiro atoms. The number of carbonyl (C=O) groups is 1. The van der Waals surface area contributed by atoms with E-state index in [1.165, 1.54) is 0 Å². The molecule has 0 aromatic heterocycles. The number of hydrogen-bond donors (Lipinski definition) is 0. The van der Waals surface area contributed by atoms with Crippen LogP contribution < -0.4 is 0 Å². The fraction of sp³-hybridized carbons (Fsp3) is 0.500. The Balaban J connectivity index is 2.34. The molecule has 0 radical (unpaired) electrons. The van der Waals surface area contributed by atoms with Crippen LogP contribution in [0.25, 0.3) is 0 Å². The number of esters is 1. The van der Waals surface area contributed by atoms with Gasteiger partial charge in [-0.1, -0.05) is 30.3 Å². The van der Waals surface area contributed by atoms with Gasteiger partial charge >= 0.3 is 13.6 Å². The average Bonchev–Trinajstić information content (AvgIpc) is 2.83. The van der Waals surface area contributed by atoms with Gasteiger partial charge in [0.15, 0.2) is 5.66 Å². The van der Waals surface area contributed by atoms with Crippen molar-refractivity contribution >= 4 is 13.6 Å². The van der Waals surface area contributed by atoms with E-state index in [4.69, 9.17) is 13.8 Å². The van der Waals surface area contributed by atoms with Crippen molar-refractivity contribution in [1.29, 1.82) is 0 Å². The summed E-state index contributed by atoms with van der Waals surface area (Å²) < 4.78 is 28.6. The van der Waals surface area contributed by atoms with Crippen molar-refractivity contribution in [3.63, 3.8) is 0 Å². The highest BCUT2D eigenvalue weighted by Crippen LogP contribution is 2.59. The molecule has 1 aromatic carbocycles. The Morgan fingerprint density at radius 2 is 1.80 bits per heavy atom. The second kappa shape index (κ2) is 6.53. The molecule has 20 heavy (non-hydrogen) atoms. The second-order valence-electron chi connectivity index (χ2n) is 4.47. The third-order valence-electron chi connectivity index (χ3n) is 3.21. The van der Waals surface area contributed by atoms with Crippen molar-refractivity contribution in [2.24, 2.45) is 0 Å². The maximum atomic E-state index is 12.9. The minimum atomic E-state index is -3.52. The fourth-order valence-electron chi connectivity index (χ4n) is 2.40. The monoisotopic (exact) mass is 298 g/mol. The van der Waals surface area contributed by atoms with Crippen LogP contribution in [0.1, 0.15) is 25.3 Å². The molecule has 110 valence electrons. The molecule has 1 fully saturated rings. The molecule has 2 rings (SSSR count). The van der Waals surface area contributed by atoms with Gasteiger partial charge in [-0.3, -0.25) is 9.36 Å². The third-order valence-corrected chi connectivity index (χ3v) is 5.70. The zero-order valence-corrected chi connectivity index (χ0v) is 12.5. The molecule has 0 unspecified atom stereocenters. The van der Waals surface area contributed by atoms with E-state index in [2.05, 4.69) is 0 Å². The summed E-state index contributed by atoms with van der Waals surface area (Å²) in [6, 6.07) is 9.42. The standard InChI is InChI=1S/C14H19O5P/c1-3-18-20(16,19-4-2)13-12(10-17-14(13)15)11-8-6-5-7-9-11/h5-9,12-13H,3-4,10H2,1-2H3/t12-,13-/m0/s1. The molecule has 0 saturated carbocycles. The Bertz CT molecular complexity index is 492. The first-order valence-corrected chi connectivity index (χ1v) is 8.34. The first-order chi connectivity index (χ1) is 9.62. The average molecular weight is 298 g/mol. The molecule has 1 aliphatic heterocycles. The van der Waals surface area contributed by atoms with Crippen LogP contribution >= 0.6 is 7.60 Å². The molecule has 0 amide bonds. The molecular formula is C14H19O5P. The van der Waals surface area contributed by atoms with E-state index in [9.17, 15) is 9.36 Å². The van der Waals surface area contributed by atoms with E-state index in [0.717, 1.165) is 5.56 Å². The van der Waals surface area contributed by atoms with E-state index >= 15 is 0 Å². The summed E-state index contributed by atoms with van der Waals surface area (Å²) in [6.45, 7) is 4.11. The van der Waals surface area contributed by atoms with Crippen molar-refractivity contribution in [2.45, 2.75) is 25.4 Å². The summed E-state index contributed by atoms with van der Waals surface area (Å²) in [5.41, 5.74) is 0.0211. The molecular weight excluding hydrogens is 279 g/mol. The lowest BCUT2D eigenvalue weighted by Crippen LogP contribution is -2.24. The second-order valence-corrected chi connectivity index (χ2v) is 6.62. The van der Waals surface area contributed by atoms with Crippen LogP contribution in [0, 0.1) is 0 Å². The Hall–Kier alpha value is -1.16. The maximum Gasteiger partial charge on any atom is 0.345 e. The van der Waals surface area contributed by atoms with Gasteiger partial charge in [0.05, 0.1) is 19.8 Å². The number of carbonyl (C=O) groups excluding carboxylic acids is 1. The normalized spacial score (nSPS) is 22.8. The minimum Gasteiger partial charge on any atom is -0.464 e. The van der Waals surface area contributed by atoms with E-state index in [0.29, 0.717) is 0 Å². The van der Waals surface area contributed by atoms with Crippen molar-refractivity contribution < 1.29 is 23.1 Å². The molecule has 2 atom stereocenters. The minimum absolute atomic E-state index is 0.206. The molecule has 1 saturated heterocycles. The lowest BCUT2D eigenvalue weighted by molar-refractivity contribution is -0.137. The highest BCUT2D eigenvalue weighted by atomic mass is 31.2. The van der Waals surface area contributed by atoms with E-state index in [-0.39, 0.29) is 25.7 Å². The van der Waals surface area contributed by atoms with Crippen molar-refractivity contribution in [3.05, 3.63) is 35.9 Å². The molecule has 1 aliphatic rings. The SMILES string of the molecule is CCOP(=O)(OCC)[C@@H]1C(=O)OC[C@H]1c1ccccc1. The lowest BCUT2D eigenvalue weighted by Gasteiger charge is -2.24. The predicted octanol–water partition coefficient (Wildman–Crippen LogP) is 2.96. The van der Waals surface area contributed by atoms with Crippen LogP contribution in [-0.4, -0.2) is 31.4 Å². The van der Waals surface area contributed by atoms with E-state index in [1.54, 1.807) is 13.8 Å². The topological polar surface area (TPSA) is 61.8 Å². The largest absolute Gasteiger partial charge is 0.464 e. The Morgan fingerprint density at radius 3 is 2.35 bits per heavy atom. The Labute approximate surface area is 118 Å². The van der Waals surface area contributed by atoms with Gasteiger partial charge in [-0.05, 0) is 19.4 Å². The van der Waals surface area contributed by atoms with Gasteiger partial charge in [-0.15, -0.1) is 0 Å². The summed E-state index contributed by atoms with van der Waals surface area (Å²) in [5.74, 6) is -0.809. The molecule has 0 aliphatic carbocycles. The highest BCUT2D eigenvalue weighted by Gasteiger charge is 2.52. The fourth-order valence-corrected chi connectivity index (χ4v) is 4.55. The van der Waals surface area contributed by atoms with Crippen LogP contribution in [0.15, 0.2) is 30.3 Å². The van der Waals surface area contributed by atoms with Gasteiger partial charge in [0.1, 0.15) is 0 Å². The third kappa shape index (κ3) is 2.95. The number of ether oxygens (including phenoxy) is 1. The van der Waals surface area contributed by atoms with Gasteiger partial charge in [-0.2, -0.15) is 0 Å². The number of benzene rings is 1. The molecule has 0 N–H and O–H groups in total. The van der Waals surface area contributed by atoms with Crippen molar-refractivity contribution in [2.75, 3.05) is 19.8 Å². The predicted molar refractivity (Wildman–Crippen MR) is 74.8 cm³/mol. The lowest BCUT2D eigenvalue weighted by atomic mass is 9.98. The first kappa shape index (κ1) is 15.2. The summed E-state index contributed by atoms with van der Waals surface area (Å²) in [5, 5.41) is 0. The number of hydrogen-bond acceptors (Lipinski definition) is 5. The zero-order chi connectivity index (χ0) is 14.6. The van der Waals surface area contributed by atoms with E-state index < -0.39 is 19.2 Å². The smallest absolute Gasteiger partial charge is 0.345 e. The molecule has 5 nitrogen and oxygen atoms in total. The highest BCUT2D eigenvalue weighted by molar-refractivity contribution is 7.55. The Morgan fingerprint density at radius 1 is 1.20 bits per heavy atom. The number of cyclic esters (lactones) is 1. The summed E-state index contributed by atoms with van der Waals surface area (Å²) >= 11 is 0. The van der Waals surface area contributed by atoms with Crippen molar-refractivity contribution in [1.82, 2.24) is 0 Å². The molecule has 6 heteroatoms. The number of rotatable bonds is 6. The molecule has 1 aromatic rings. The quantitative estimate of drug-likeness (QED) is 0.597. The van der Waals surface area contributed by atoms with Gasteiger partial charge in [0, 0.05) is 5.92 Å². The van der Waals surface area contributed by atoms with Gasteiger partial charge in [0.2, 0.25) is 0 Å². The van der Waals surface area contributed by atoms with Gasteiger partial charge in [0.25, 0.3) is 0 Å². The summed E-state index contributed by atoms with van der Waals surface area (Å²) in [6.07, 6.45) is 0. The summed E-state index contributed by atoms with van der Waals surface area (Å²) in [4.78, 5) is 12.0. The molecule has 0 bridgehead atoms. The van der Waals surface area contributed by atoms with Crippen LogP contribution in [0.4, 0.5) is 0 Å². The van der Waals surface area contributed by atoms with Crippen LogP contribution in [-0.2, 0) is 23.1 Å². The Kier molecular flexibility index (Phi) is 4.97. The van der Waals surface area contributed by atoms with Crippen LogP contribution in [0.2, 0.25) is 0 Å². The van der Waals surface area contributed by atoms with Crippen LogP contribution in [0.3, 0.4) is 0 Å². The maximum absolute atomic E-state index is 12.9. The van der Waals surface area contributed by atoms with E-state index in [1.807, 2.05) is 30.3 Å². The first-order valence-electron chi connectivity index (χ1n) is 6.72. The van der Waals surface area contributed by atoms with Gasteiger partial charge in [-0.25, -0.2) is 0 Å². The zero-order valence-electron chi connectivity index (χ0n) is 11.7. The van der Waals surface area contributed by atoms with Crippen LogP contribution in [0.5, 0.6) is 0 Å². The molecule has 1 heterocycles.